The number of fused-ring (bicyclic) bond motifs is 1. The molecule has 3 heterocycles. The van der Waals surface area contributed by atoms with Gasteiger partial charge in [0.05, 0.1) is 29.8 Å². The summed E-state index contributed by atoms with van der Waals surface area (Å²) in [6.07, 6.45) is 4.82. The highest BCUT2D eigenvalue weighted by atomic mass is 16.2. The van der Waals surface area contributed by atoms with Gasteiger partial charge in [0.25, 0.3) is 5.91 Å². The van der Waals surface area contributed by atoms with E-state index in [9.17, 15) is 9.59 Å². The summed E-state index contributed by atoms with van der Waals surface area (Å²) >= 11 is 0. The Morgan fingerprint density at radius 2 is 2.04 bits per heavy atom. The molecule has 0 radical (unpaired) electrons. The molecule has 116 valence electrons. The molecule has 0 saturated carbocycles. The Labute approximate surface area is 132 Å². The molecule has 0 fully saturated rings. The molecule has 3 aromatic heterocycles. The second kappa shape index (κ2) is 5.96. The maximum Gasteiger partial charge on any atom is 0.271 e. The van der Waals surface area contributed by atoms with Crippen LogP contribution in [0.15, 0.2) is 36.8 Å². The summed E-state index contributed by atoms with van der Waals surface area (Å²) in [5.41, 5.74) is 2.77. The number of imidazole rings is 1. The third kappa shape index (κ3) is 3.08. The van der Waals surface area contributed by atoms with E-state index in [0.717, 1.165) is 5.69 Å². The van der Waals surface area contributed by atoms with Crippen LogP contribution in [0.3, 0.4) is 0 Å². The molecule has 0 aromatic carbocycles. The first-order valence-corrected chi connectivity index (χ1v) is 7.09. The molecule has 1 amide bonds. The highest BCUT2D eigenvalue weighted by Gasteiger charge is 2.13. The molecule has 0 spiro atoms. The monoisotopic (exact) mass is 309 g/mol. The molecule has 0 unspecified atom stereocenters. The summed E-state index contributed by atoms with van der Waals surface area (Å²) in [5.74, 6) is -0.416. The number of ketones is 1. The number of aryl methyl sites for hydroxylation is 1. The summed E-state index contributed by atoms with van der Waals surface area (Å²) in [6.45, 7) is 3.59. The summed E-state index contributed by atoms with van der Waals surface area (Å²) in [6, 6.07) is 5.18. The van der Waals surface area contributed by atoms with Gasteiger partial charge in [0, 0.05) is 19.3 Å². The molecule has 0 saturated heterocycles. The normalized spacial score (nSPS) is 10.7. The van der Waals surface area contributed by atoms with Crippen molar-refractivity contribution in [3.05, 3.63) is 59.6 Å². The molecule has 23 heavy (non-hydrogen) atoms. The number of nitrogens with zero attached hydrogens (tertiary/aromatic N) is 4. The predicted molar refractivity (Wildman–Crippen MR) is 83.1 cm³/mol. The number of aromatic nitrogens is 4. The lowest BCUT2D eigenvalue weighted by molar-refractivity contribution is 0.0944. The van der Waals surface area contributed by atoms with Crippen molar-refractivity contribution >= 4 is 17.3 Å². The molecule has 3 rings (SSSR count). The number of carbonyl (C=O) groups excluding carboxylic acids is 2. The Balaban J connectivity index is 1.79. The number of Topliss-reactive ketones (excluding diaryl/α,β-unsaturated/α-hetero) is 1. The van der Waals surface area contributed by atoms with Crippen LogP contribution in [0.1, 0.15) is 39.3 Å². The van der Waals surface area contributed by atoms with Crippen molar-refractivity contribution in [2.75, 3.05) is 0 Å². The molecule has 3 aromatic rings. The van der Waals surface area contributed by atoms with Crippen molar-refractivity contribution in [2.45, 2.75) is 20.4 Å². The zero-order valence-corrected chi connectivity index (χ0v) is 12.8. The van der Waals surface area contributed by atoms with E-state index in [0.29, 0.717) is 17.0 Å². The van der Waals surface area contributed by atoms with Crippen LogP contribution in [0, 0.1) is 6.92 Å². The number of hydrogen-bond donors (Lipinski definition) is 1. The summed E-state index contributed by atoms with van der Waals surface area (Å²) < 4.78 is 1.61. The van der Waals surface area contributed by atoms with Crippen molar-refractivity contribution in [1.82, 2.24) is 24.7 Å². The van der Waals surface area contributed by atoms with Crippen LogP contribution >= 0.6 is 0 Å². The van der Waals surface area contributed by atoms with E-state index >= 15 is 0 Å². The maximum absolute atomic E-state index is 12.2. The zero-order valence-electron chi connectivity index (χ0n) is 12.8. The van der Waals surface area contributed by atoms with Crippen LogP contribution in [0.2, 0.25) is 0 Å². The molecule has 1 N–H and O–H groups in total. The number of carbonyl (C=O) groups is 2. The molecule has 0 aliphatic rings. The van der Waals surface area contributed by atoms with E-state index in [4.69, 9.17) is 0 Å². The fraction of sp³-hybridized carbons (Fsp3) is 0.188. The quantitative estimate of drug-likeness (QED) is 0.739. The van der Waals surface area contributed by atoms with Gasteiger partial charge in [0.1, 0.15) is 11.3 Å². The van der Waals surface area contributed by atoms with Crippen LogP contribution in [0.25, 0.3) is 5.65 Å². The molecule has 0 bridgehead atoms. The van der Waals surface area contributed by atoms with Gasteiger partial charge in [-0.15, -0.1) is 0 Å². The standard InChI is InChI=1S/C16H15N5O2/c1-10-6-18-12(7-17-10)8-19-16(23)13-9-21-14(11(2)22)4-3-5-15(21)20-13/h3-7,9H,8H2,1-2H3,(H,19,23). The lowest BCUT2D eigenvalue weighted by atomic mass is 10.2. The van der Waals surface area contributed by atoms with Crippen LogP contribution in [0.4, 0.5) is 0 Å². The highest BCUT2D eigenvalue weighted by Crippen LogP contribution is 2.10. The van der Waals surface area contributed by atoms with Gasteiger partial charge in [-0.25, -0.2) is 4.98 Å². The Hall–Kier alpha value is -3.09. The smallest absolute Gasteiger partial charge is 0.271 e. The van der Waals surface area contributed by atoms with Gasteiger partial charge in [-0.05, 0) is 19.1 Å². The van der Waals surface area contributed by atoms with Gasteiger partial charge >= 0.3 is 0 Å². The molecule has 0 aliphatic carbocycles. The third-order valence-corrected chi connectivity index (χ3v) is 3.35. The zero-order chi connectivity index (χ0) is 16.4. The van der Waals surface area contributed by atoms with Gasteiger partial charge in [0.15, 0.2) is 5.78 Å². The molecule has 7 heteroatoms. The van der Waals surface area contributed by atoms with Crippen molar-refractivity contribution in [3.63, 3.8) is 0 Å². The predicted octanol–water partition coefficient (Wildman–Crippen LogP) is 1.57. The minimum Gasteiger partial charge on any atom is -0.345 e. The molecule has 0 atom stereocenters. The van der Waals surface area contributed by atoms with E-state index < -0.39 is 0 Å². The lowest BCUT2D eigenvalue weighted by Crippen LogP contribution is -2.23. The Morgan fingerprint density at radius 1 is 1.22 bits per heavy atom. The highest BCUT2D eigenvalue weighted by molar-refractivity contribution is 5.95. The van der Waals surface area contributed by atoms with Crippen molar-refractivity contribution in [2.24, 2.45) is 0 Å². The third-order valence-electron chi connectivity index (χ3n) is 3.35. The van der Waals surface area contributed by atoms with Gasteiger partial charge in [-0.1, -0.05) is 6.07 Å². The number of pyridine rings is 1. The van der Waals surface area contributed by atoms with Crippen molar-refractivity contribution in [1.29, 1.82) is 0 Å². The SMILES string of the molecule is CC(=O)c1cccc2nc(C(=O)NCc3cnc(C)cn3)cn12. The second-order valence-electron chi connectivity index (χ2n) is 5.15. The topological polar surface area (TPSA) is 89.2 Å². The van der Waals surface area contributed by atoms with Crippen LogP contribution < -0.4 is 5.32 Å². The first-order chi connectivity index (χ1) is 11.0. The summed E-state index contributed by atoms with van der Waals surface area (Å²) in [4.78, 5) is 36.4. The summed E-state index contributed by atoms with van der Waals surface area (Å²) in [7, 11) is 0. The number of amides is 1. The average Bonchev–Trinajstić information content (AvgIpc) is 2.98. The fourth-order valence-corrected chi connectivity index (χ4v) is 2.18. The van der Waals surface area contributed by atoms with Gasteiger partial charge in [-0.2, -0.15) is 0 Å². The molecular formula is C16H15N5O2. The first kappa shape index (κ1) is 14.8. The average molecular weight is 309 g/mol. The fourth-order valence-electron chi connectivity index (χ4n) is 2.18. The van der Waals surface area contributed by atoms with E-state index in [2.05, 4.69) is 20.3 Å². The Kier molecular flexibility index (Phi) is 3.84. The van der Waals surface area contributed by atoms with E-state index in [1.54, 1.807) is 41.2 Å². The minimum atomic E-state index is -0.328. The Morgan fingerprint density at radius 3 is 2.74 bits per heavy atom. The molecular weight excluding hydrogens is 294 g/mol. The van der Waals surface area contributed by atoms with E-state index in [-0.39, 0.29) is 23.9 Å². The van der Waals surface area contributed by atoms with Crippen molar-refractivity contribution in [3.8, 4) is 0 Å². The number of rotatable bonds is 4. The van der Waals surface area contributed by atoms with Crippen LogP contribution in [-0.4, -0.2) is 31.0 Å². The minimum absolute atomic E-state index is 0.0881. The molecule has 7 nitrogen and oxygen atoms in total. The maximum atomic E-state index is 12.2. The van der Waals surface area contributed by atoms with E-state index in [1.807, 2.05) is 6.92 Å². The van der Waals surface area contributed by atoms with Crippen molar-refractivity contribution < 1.29 is 9.59 Å². The lowest BCUT2D eigenvalue weighted by Gasteiger charge is -2.02. The first-order valence-electron chi connectivity index (χ1n) is 7.09. The number of hydrogen-bond acceptors (Lipinski definition) is 5. The van der Waals surface area contributed by atoms with Gasteiger partial charge in [0.2, 0.25) is 0 Å². The van der Waals surface area contributed by atoms with Gasteiger partial charge < -0.3 is 5.32 Å². The second-order valence-corrected chi connectivity index (χ2v) is 5.15. The summed E-state index contributed by atoms with van der Waals surface area (Å²) in [5, 5.41) is 2.74. The largest absolute Gasteiger partial charge is 0.345 e. The van der Waals surface area contributed by atoms with E-state index in [1.165, 1.54) is 6.92 Å². The Bertz CT molecular complexity index is 883. The van der Waals surface area contributed by atoms with Crippen LogP contribution in [0.5, 0.6) is 0 Å². The van der Waals surface area contributed by atoms with Gasteiger partial charge in [-0.3, -0.25) is 24.0 Å². The number of nitrogens with one attached hydrogen (secondary N) is 1. The van der Waals surface area contributed by atoms with Crippen LogP contribution in [-0.2, 0) is 6.54 Å². The molecule has 0 aliphatic heterocycles.